The summed E-state index contributed by atoms with van der Waals surface area (Å²) in [6.45, 7) is 5.45. The van der Waals surface area contributed by atoms with Gasteiger partial charge in [-0.05, 0) is 44.5 Å². The fraction of sp³-hybridized carbons (Fsp3) is 0.222. The molecular weight excluding hydrogens is 303 g/mol. The van der Waals surface area contributed by atoms with Crippen LogP contribution in [-0.4, -0.2) is 33.8 Å². The van der Waals surface area contributed by atoms with E-state index in [1.165, 1.54) is 4.57 Å². The van der Waals surface area contributed by atoms with Crippen LogP contribution in [0.2, 0.25) is 0 Å². The quantitative estimate of drug-likeness (QED) is 0.736. The third-order valence-electron chi connectivity index (χ3n) is 3.63. The molecule has 6 heteroatoms. The molecule has 0 amide bonds. The topological polar surface area (TPSA) is 64.3 Å². The molecular formula is C18H19BN2O3. The van der Waals surface area contributed by atoms with Crippen LogP contribution >= 0.6 is 0 Å². The van der Waals surface area contributed by atoms with E-state index in [9.17, 15) is 9.82 Å². The van der Waals surface area contributed by atoms with Gasteiger partial charge in [0.15, 0.2) is 0 Å². The minimum atomic E-state index is -0.610. The van der Waals surface area contributed by atoms with Crippen molar-refractivity contribution < 1.29 is 14.6 Å². The van der Waals surface area contributed by atoms with E-state index >= 15 is 0 Å². The smallest absolute Gasteiger partial charge is 0.418 e. The predicted molar refractivity (Wildman–Crippen MR) is 95.8 cm³/mol. The highest BCUT2D eigenvalue weighted by atomic mass is 16.6. The normalized spacial score (nSPS) is 11.5. The average Bonchev–Trinajstić information content (AvgIpc) is 2.92. The predicted octanol–water partition coefficient (Wildman–Crippen LogP) is 2.46. The summed E-state index contributed by atoms with van der Waals surface area (Å²) in [6.07, 6.45) is 3.00. The maximum Gasteiger partial charge on any atom is 0.418 e. The lowest BCUT2D eigenvalue weighted by atomic mass is 9.95. The monoisotopic (exact) mass is 322 g/mol. The number of fused-ring (bicyclic) bond motifs is 1. The molecule has 122 valence electrons. The van der Waals surface area contributed by atoms with E-state index in [0.29, 0.717) is 11.1 Å². The molecule has 0 unspecified atom stereocenters. The van der Waals surface area contributed by atoms with Crippen LogP contribution in [0.15, 0.2) is 48.8 Å². The van der Waals surface area contributed by atoms with Crippen LogP contribution in [0.3, 0.4) is 0 Å². The van der Waals surface area contributed by atoms with E-state index in [2.05, 4.69) is 4.98 Å². The fourth-order valence-electron chi connectivity index (χ4n) is 2.70. The van der Waals surface area contributed by atoms with E-state index in [0.717, 1.165) is 16.5 Å². The number of benzene rings is 1. The first kappa shape index (κ1) is 16.3. The Bertz CT molecular complexity index is 882. The second-order valence-electron chi connectivity index (χ2n) is 6.59. The average molecular weight is 322 g/mol. The molecule has 3 rings (SSSR count). The van der Waals surface area contributed by atoms with Crippen molar-refractivity contribution in [3.8, 4) is 11.1 Å². The Morgan fingerprint density at radius 1 is 1.25 bits per heavy atom. The standard InChI is InChI=1S/C18H19BN2O3/c1-18(2,3)24-17(22)21-15-8-4-7-13(12-6-5-9-20-11-12)14(15)10-16(21)19-23/h4-11,19,23H,1-3H3. The van der Waals surface area contributed by atoms with Crippen LogP contribution in [0.5, 0.6) is 0 Å². The molecule has 0 aliphatic rings. The summed E-state index contributed by atoms with van der Waals surface area (Å²) in [7, 11) is -0.250. The van der Waals surface area contributed by atoms with Crippen molar-refractivity contribution >= 4 is 30.1 Å². The SMILES string of the molecule is CC(C)(C)OC(=O)n1c(BO)cc2c(-c3cccnc3)cccc21. The van der Waals surface area contributed by atoms with Crippen molar-refractivity contribution in [1.29, 1.82) is 0 Å². The molecule has 0 saturated heterocycles. The van der Waals surface area contributed by atoms with Crippen molar-refractivity contribution in [2.75, 3.05) is 0 Å². The minimum Gasteiger partial charge on any atom is -0.448 e. The van der Waals surface area contributed by atoms with Gasteiger partial charge in [0.05, 0.1) is 5.52 Å². The summed E-state index contributed by atoms with van der Waals surface area (Å²) >= 11 is 0. The van der Waals surface area contributed by atoms with Gasteiger partial charge in [0.1, 0.15) is 5.60 Å². The van der Waals surface area contributed by atoms with Crippen molar-refractivity contribution in [1.82, 2.24) is 9.55 Å². The number of aromatic nitrogens is 2. The third-order valence-corrected chi connectivity index (χ3v) is 3.63. The van der Waals surface area contributed by atoms with Gasteiger partial charge in [0.25, 0.3) is 0 Å². The molecule has 0 fully saturated rings. The van der Waals surface area contributed by atoms with Crippen LogP contribution in [-0.2, 0) is 4.74 Å². The zero-order valence-corrected chi connectivity index (χ0v) is 14.0. The number of nitrogens with zero attached hydrogens (tertiary/aromatic N) is 2. The maximum absolute atomic E-state index is 12.6. The Balaban J connectivity index is 2.19. The Morgan fingerprint density at radius 2 is 2.04 bits per heavy atom. The van der Waals surface area contributed by atoms with E-state index in [1.807, 2.05) is 57.2 Å². The van der Waals surface area contributed by atoms with Gasteiger partial charge in [-0.2, -0.15) is 0 Å². The summed E-state index contributed by atoms with van der Waals surface area (Å²) in [5.41, 5.74) is 2.50. The largest absolute Gasteiger partial charge is 0.448 e. The van der Waals surface area contributed by atoms with Gasteiger partial charge in [0, 0.05) is 28.9 Å². The zero-order chi connectivity index (χ0) is 17.3. The number of hydrogen-bond acceptors (Lipinski definition) is 4. The van der Waals surface area contributed by atoms with Gasteiger partial charge in [-0.3, -0.25) is 9.55 Å². The highest BCUT2D eigenvalue weighted by Crippen LogP contribution is 2.28. The van der Waals surface area contributed by atoms with Crippen molar-refractivity contribution in [3.05, 3.63) is 48.8 Å². The Morgan fingerprint density at radius 3 is 2.67 bits per heavy atom. The molecule has 1 N–H and O–H groups in total. The summed E-state index contributed by atoms with van der Waals surface area (Å²) in [6, 6.07) is 11.4. The zero-order valence-electron chi connectivity index (χ0n) is 14.0. The molecule has 2 aromatic heterocycles. The molecule has 3 aromatic rings. The van der Waals surface area contributed by atoms with Gasteiger partial charge in [0.2, 0.25) is 0 Å². The van der Waals surface area contributed by atoms with Crippen LogP contribution in [0, 0.1) is 0 Å². The number of rotatable bonds is 2. The summed E-state index contributed by atoms with van der Waals surface area (Å²) < 4.78 is 6.91. The Hall–Kier alpha value is -2.60. The summed E-state index contributed by atoms with van der Waals surface area (Å²) in [5, 5.41) is 10.6. The first-order valence-electron chi connectivity index (χ1n) is 7.78. The van der Waals surface area contributed by atoms with Gasteiger partial charge < -0.3 is 9.76 Å². The lowest BCUT2D eigenvalue weighted by Gasteiger charge is -2.20. The summed E-state index contributed by atoms with van der Waals surface area (Å²) in [4.78, 5) is 16.7. The van der Waals surface area contributed by atoms with Crippen molar-refractivity contribution in [3.63, 3.8) is 0 Å². The molecule has 1 aromatic carbocycles. The molecule has 0 aliphatic carbocycles. The number of hydrogen-bond donors (Lipinski definition) is 1. The van der Waals surface area contributed by atoms with E-state index < -0.39 is 11.7 Å². The lowest BCUT2D eigenvalue weighted by molar-refractivity contribution is 0.0549. The Kier molecular flexibility index (Phi) is 4.16. The highest BCUT2D eigenvalue weighted by Gasteiger charge is 2.23. The molecule has 0 saturated carbocycles. The number of carbonyl (C=O) groups is 1. The molecule has 0 atom stereocenters. The van der Waals surface area contributed by atoms with Crippen LogP contribution in [0.4, 0.5) is 4.79 Å². The van der Waals surface area contributed by atoms with E-state index in [4.69, 9.17) is 4.74 Å². The van der Waals surface area contributed by atoms with Gasteiger partial charge >= 0.3 is 13.6 Å². The second-order valence-corrected chi connectivity index (χ2v) is 6.59. The second kappa shape index (κ2) is 6.13. The number of ether oxygens (including phenoxy) is 1. The van der Waals surface area contributed by atoms with Crippen molar-refractivity contribution in [2.24, 2.45) is 0 Å². The lowest BCUT2D eigenvalue weighted by Crippen LogP contribution is -2.34. The van der Waals surface area contributed by atoms with Gasteiger partial charge in [-0.15, -0.1) is 0 Å². The Labute approximate surface area is 141 Å². The molecule has 0 spiro atoms. The van der Waals surface area contributed by atoms with Crippen LogP contribution in [0.25, 0.3) is 22.0 Å². The van der Waals surface area contributed by atoms with E-state index in [1.54, 1.807) is 12.4 Å². The number of pyridine rings is 1. The third kappa shape index (κ3) is 3.05. The first-order valence-corrected chi connectivity index (χ1v) is 7.78. The van der Waals surface area contributed by atoms with E-state index in [-0.39, 0.29) is 7.48 Å². The van der Waals surface area contributed by atoms with Crippen LogP contribution in [0.1, 0.15) is 20.8 Å². The molecule has 2 heterocycles. The van der Waals surface area contributed by atoms with Crippen molar-refractivity contribution in [2.45, 2.75) is 26.4 Å². The molecule has 24 heavy (non-hydrogen) atoms. The molecule has 0 aliphatic heterocycles. The minimum absolute atomic E-state index is 0.250. The fourth-order valence-corrected chi connectivity index (χ4v) is 2.70. The first-order chi connectivity index (χ1) is 11.4. The molecule has 5 nitrogen and oxygen atoms in total. The number of carbonyl (C=O) groups excluding carboxylic acids is 1. The summed E-state index contributed by atoms with van der Waals surface area (Å²) in [5.74, 6) is 0. The van der Waals surface area contributed by atoms with Gasteiger partial charge in [-0.1, -0.05) is 18.2 Å². The maximum atomic E-state index is 12.6. The molecule has 0 bridgehead atoms. The van der Waals surface area contributed by atoms with Gasteiger partial charge in [-0.25, -0.2) is 4.79 Å². The molecule has 0 radical (unpaired) electrons. The van der Waals surface area contributed by atoms with Crippen LogP contribution < -0.4 is 5.59 Å². The highest BCUT2D eigenvalue weighted by molar-refractivity contribution is 6.46.